The molecule has 0 aromatic heterocycles. The molecule has 0 spiro atoms. The van der Waals surface area contributed by atoms with Crippen LogP contribution < -0.4 is 5.73 Å². The highest BCUT2D eigenvalue weighted by Crippen LogP contribution is 2.12. The molecule has 1 saturated heterocycles. The van der Waals surface area contributed by atoms with E-state index < -0.39 is 5.54 Å². The van der Waals surface area contributed by atoms with Gasteiger partial charge in [0.15, 0.2) is 0 Å². The first-order valence-corrected chi connectivity index (χ1v) is 5.60. The lowest BCUT2D eigenvalue weighted by molar-refractivity contribution is -0.139. The summed E-state index contributed by atoms with van der Waals surface area (Å²) in [6.45, 7) is 7.89. The maximum absolute atomic E-state index is 11.9. The fourth-order valence-corrected chi connectivity index (χ4v) is 1.69. The van der Waals surface area contributed by atoms with Crippen LogP contribution in [0.2, 0.25) is 0 Å². The molecular weight excluding hydrogens is 192 g/mol. The van der Waals surface area contributed by atoms with E-state index in [0.29, 0.717) is 26.1 Å². The molecule has 4 heteroatoms. The van der Waals surface area contributed by atoms with E-state index in [1.165, 1.54) is 0 Å². The number of rotatable bonds is 3. The van der Waals surface area contributed by atoms with Gasteiger partial charge in [0.05, 0.1) is 12.7 Å². The molecule has 1 atom stereocenters. The molecule has 0 aliphatic carbocycles. The minimum atomic E-state index is -0.420. The summed E-state index contributed by atoms with van der Waals surface area (Å²) in [6.07, 6.45) is 1.56. The number of morpholine rings is 1. The van der Waals surface area contributed by atoms with Crippen LogP contribution in [0.25, 0.3) is 0 Å². The molecule has 1 rings (SSSR count). The Labute approximate surface area is 91.8 Å². The van der Waals surface area contributed by atoms with Gasteiger partial charge in [-0.05, 0) is 20.3 Å². The van der Waals surface area contributed by atoms with Crippen molar-refractivity contribution in [2.24, 2.45) is 5.73 Å². The molecule has 0 saturated carbocycles. The Hall–Kier alpha value is -0.610. The van der Waals surface area contributed by atoms with Gasteiger partial charge in [-0.15, -0.1) is 0 Å². The molecule has 0 radical (unpaired) electrons. The standard InChI is InChI=1S/C11H22N2O2/c1-4-9-8-13(5-6-15-9)10(14)7-11(2,3)12/h9H,4-8,12H2,1-3H3. The molecule has 0 aromatic carbocycles. The highest BCUT2D eigenvalue weighted by atomic mass is 16.5. The Balaban J connectivity index is 2.45. The molecule has 1 unspecified atom stereocenters. The third-order valence-corrected chi connectivity index (χ3v) is 2.55. The van der Waals surface area contributed by atoms with Crippen LogP contribution in [0.1, 0.15) is 33.6 Å². The predicted octanol–water partition coefficient (Wildman–Crippen LogP) is 0.751. The van der Waals surface area contributed by atoms with Crippen LogP contribution in [-0.2, 0) is 9.53 Å². The minimum absolute atomic E-state index is 0.143. The molecule has 4 nitrogen and oxygen atoms in total. The number of amides is 1. The summed E-state index contributed by atoms with van der Waals surface area (Å²) < 4.78 is 5.51. The van der Waals surface area contributed by atoms with Gasteiger partial charge in [-0.25, -0.2) is 0 Å². The molecular formula is C11H22N2O2. The van der Waals surface area contributed by atoms with Crippen molar-refractivity contribution in [2.75, 3.05) is 19.7 Å². The lowest BCUT2D eigenvalue weighted by atomic mass is 10.0. The fraction of sp³-hybridized carbons (Fsp3) is 0.909. The normalized spacial score (nSPS) is 22.9. The second kappa shape index (κ2) is 4.94. The molecule has 1 fully saturated rings. The Morgan fingerprint density at radius 3 is 2.80 bits per heavy atom. The quantitative estimate of drug-likeness (QED) is 0.754. The molecule has 2 N–H and O–H groups in total. The van der Waals surface area contributed by atoms with Crippen LogP contribution in [0.5, 0.6) is 0 Å². The van der Waals surface area contributed by atoms with Gasteiger partial charge in [0.25, 0.3) is 0 Å². The zero-order valence-electron chi connectivity index (χ0n) is 9.95. The third-order valence-electron chi connectivity index (χ3n) is 2.55. The minimum Gasteiger partial charge on any atom is -0.375 e. The lowest BCUT2D eigenvalue weighted by Gasteiger charge is -2.34. The molecule has 1 amide bonds. The number of carbonyl (C=O) groups excluding carboxylic acids is 1. The van der Waals surface area contributed by atoms with Gasteiger partial charge in [-0.2, -0.15) is 0 Å². The third kappa shape index (κ3) is 4.18. The van der Waals surface area contributed by atoms with Crippen molar-refractivity contribution in [2.45, 2.75) is 45.3 Å². The fourth-order valence-electron chi connectivity index (χ4n) is 1.69. The predicted molar refractivity (Wildman–Crippen MR) is 59.5 cm³/mol. The zero-order valence-corrected chi connectivity index (χ0v) is 9.95. The number of hydrogen-bond acceptors (Lipinski definition) is 3. The first-order chi connectivity index (χ1) is 6.92. The van der Waals surface area contributed by atoms with E-state index in [1.54, 1.807) is 0 Å². The average molecular weight is 214 g/mol. The van der Waals surface area contributed by atoms with Crippen molar-refractivity contribution in [3.63, 3.8) is 0 Å². The maximum Gasteiger partial charge on any atom is 0.224 e. The Kier molecular flexibility index (Phi) is 4.11. The van der Waals surface area contributed by atoms with Gasteiger partial charge in [0, 0.05) is 25.0 Å². The Morgan fingerprint density at radius 1 is 1.60 bits per heavy atom. The van der Waals surface area contributed by atoms with Gasteiger partial charge >= 0.3 is 0 Å². The maximum atomic E-state index is 11.9. The van der Waals surface area contributed by atoms with Crippen LogP contribution in [0, 0.1) is 0 Å². The first kappa shape index (κ1) is 12.5. The van der Waals surface area contributed by atoms with Crippen LogP contribution >= 0.6 is 0 Å². The number of hydrogen-bond donors (Lipinski definition) is 1. The molecule has 0 bridgehead atoms. The Bertz CT molecular complexity index is 223. The van der Waals surface area contributed by atoms with E-state index in [0.717, 1.165) is 6.42 Å². The summed E-state index contributed by atoms with van der Waals surface area (Å²) in [6, 6.07) is 0. The van der Waals surface area contributed by atoms with Crippen molar-refractivity contribution in [1.29, 1.82) is 0 Å². The molecule has 15 heavy (non-hydrogen) atoms. The second-order valence-electron chi connectivity index (χ2n) is 4.91. The number of nitrogens with two attached hydrogens (primary N) is 1. The monoisotopic (exact) mass is 214 g/mol. The summed E-state index contributed by atoms with van der Waals surface area (Å²) >= 11 is 0. The number of carbonyl (C=O) groups is 1. The average Bonchev–Trinajstić information content (AvgIpc) is 2.15. The van der Waals surface area contributed by atoms with Crippen LogP contribution in [0.15, 0.2) is 0 Å². The number of nitrogens with zero attached hydrogens (tertiary/aromatic N) is 1. The van der Waals surface area contributed by atoms with Crippen LogP contribution in [0.4, 0.5) is 0 Å². The molecule has 88 valence electrons. The van der Waals surface area contributed by atoms with E-state index in [-0.39, 0.29) is 12.0 Å². The van der Waals surface area contributed by atoms with E-state index >= 15 is 0 Å². The van der Waals surface area contributed by atoms with Gasteiger partial charge in [0.1, 0.15) is 0 Å². The summed E-state index contributed by atoms with van der Waals surface area (Å²) in [5.74, 6) is 0.143. The summed E-state index contributed by atoms with van der Waals surface area (Å²) in [5.41, 5.74) is 5.41. The topological polar surface area (TPSA) is 55.6 Å². The lowest BCUT2D eigenvalue weighted by Crippen LogP contribution is -2.48. The van der Waals surface area contributed by atoms with Gasteiger partial charge in [0.2, 0.25) is 5.91 Å². The van der Waals surface area contributed by atoms with Crippen LogP contribution in [0.3, 0.4) is 0 Å². The van der Waals surface area contributed by atoms with E-state index in [2.05, 4.69) is 6.92 Å². The second-order valence-corrected chi connectivity index (χ2v) is 4.91. The van der Waals surface area contributed by atoms with Crippen LogP contribution in [-0.4, -0.2) is 42.1 Å². The van der Waals surface area contributed by atoms with Crippen molar-refractivity contribution >= 4 is 5.91 Å². The molecule has 0 aromatic rings. The largest absolute Gasteiger partial charge is 0.375 e. The smallest absolute Gasteiger partial charge is 0.224 e. The highest BCUT2D eigenvalue weighted by molar-refractivity contribution is 5.77. The molecule has 1 aliphatic rings. The summed E-state index contributed by atoms with van der Waals surface area (Å²) in [5, 5.41) is 0. The van der Waals surface area contributed by atoms with E-state index in [9.17, 15) is 4.79 Å². The van der Waals surface area contributed by atoms with Crippen molar-refractivity contribution in [3.05, 3.63) is 0 Å². The first-order valence-electron chi connectivity index (χ1n) is 5.60. The van der Waals surface area contributed by atoms with Crippen molar-refractivity contribution < 1.29 is 9.53 Å². The summed E-state index contributed by atoms with van der Waals surface area (Å²) in [4.78, 5) is 13.7. The Morgan fingerprint density at radius 2 is 2.27 bits per heavy atom. The van der Waals surface area contributed by atoms with Gasteiger partial charge in [-0.3, -0.25) is 4.79 Å². The van der Waals surface area contributed by atoms with Gasteiger partial charge in [-0.1, -0.05) is 6.92 Å². The van der Waals surface area contributed by atoms with Crippen molar-refractivity contribution in [1.82, 2.24) is 4.90 Å². The van der Waals surface area contributed by atoms with E-state index in [1.807, 2.05) is 18.7 Å². The van der Waals surface area contributed by atoms with E-state index in [4.69, 9.17) is 10.5 Å². The highest BCUT2D eigenvalue weighted by Gasteiger charge is 2.26. The van der Waals surface area contributed by atoms with Gasteiger partial charge < -0.3 is 15.4 Å². The summed E-state index contributed by atoms with van der Waals surface area (Å²) in [7, 11) is 0. The van der Waals surface area contributed by atoms with Crippen molar-refractivity contribution in [3.8, 4) is 0 Å². The SMILES string of the molecule is CCC1CN(C(=O)CC(C)(C)N)CCO1. The molecule has 1 aliphatic heterocycles. The molecule has 1 heterocycles. The number of ether oxygens (including phenoxy) is 1. The zero-order chi connectivity index (χ0) is 11.5.